The summed E-state index contributed by atoms with van der Waals surface area (Å²) in [6, 6.07) is 21.2. The topological polar surface area (TPSA) is 215 Å². The van der Waals surface area contributed by atoms with E-state index < -0.39 is 23.9 Å². The number of aliphatic hydroxyl groups is 1. The molecule has 0 spiro atoms. The number of ketones is 1. The summed E-state index contributed by atoms with van der Waals surface area (Å²) in [4.78, 5) is 63.0. The van der Waals surface area contributed by atoms with Gasteiger partial charge in [-0.25, -0.2) is 9.37 Å². The van der Waals surface area contributed by atoms with E-state index in [4.69, 9.17) is 44.8 Å². The number of β-amino-alcohol motifs (C(OH)–C–C–N with tert-alkyl or cyclic N) is 1. The first-order valence-electron chi connectivity index (χ1n) is 29.9. The van der Waals surface area contributed by atoms with Gasteiger partial charge in [0.25, 0.3) is 5.88 Å². The number of rotatable bonds is 26. The van der Waals surface area contributed by atoms with Crippen molar-refractivity contribution < 1.29 is 57.2 Å². The number of nitrogens with zero attached hydrogens (tertiary/aromatic N) is 8. The number of halogens is 2. The monoisotopic (exact) mass is 1230 g/mol. The number of carbonyl (C=O) groups excluding carboxylic acids is 3. The Kier molecular flexibility index (Phi) is 20.8. The average molecular weight is 1230 g/mol. The Labute approximate surface area is 515 Å². The fourth-order valence-electron chi connectivity index (χ4n) is 12.0. The number of aliphatic hydroxyl groups excluding tert-OH is 1. The van der Waals surface area contributed by atoms with Crippen LogP contribution in [-0.2, 0) is 28.6 Å². The summed E-state index contributed by atoms with van der Waals surface area (Å²) in [5.41, 5.74) is 5.48. The molecular formula is C65H76ClFN8O11S. The third kappa shape index (κ3) is 15.1. The molecule has 2 amide bonds. The van der Waals surface area contributed by atoms with Gasteiger partial charge in [-0.3, -0.25) is 19.3 Å². The largest absolute Gasteiger partial charge is 0.508 e. The number of aromatic hydroxyl groups is 1. The number of hydrogen-bond donors (Lipinski definition) is 2. The van der Waals surface area contributed by atoms with Crippen LogP contribution in [0.5, 0.6) is 17.6 Å². The van der Waals surface area contributed by atoms with E-state index in [1.54, 1.807) is 34.4 Å². The fourth-order valence-corrected chi connectivity index (χ4v) is 13.1. The molecule has 0 saturated carbocycles. The van der Waals surface area contributed by atoms with Crippen LogP contribution in [0.1, 0.15) is 82.2 Å². The molecule has 462 valence electrons. The molecule has 3 fully saturated rings. The molecule has 0 bridgehead atoms. The maximum absolute atomic E-state index is 17.1. The lowest BCUT2D eigenvalue weighted by molar-refractivity contribution is -0.140. The zero-order valence-corrected chi connectivity index (χ0v) is 51.4. The van der Waals surface area contributed by atoms with Crippen molar-refractivity contribution in [1.82, 2.24) is 34.8 Å². The lowest BCUT2D eigenvalue weighted by Gasteiger charge is -2.35. The normalized spacial score (nSPS) is 18.0. The van der Waals surface area contributed by atoms with Gasteiger partial charge in [-0.05, 0) is 95.4 Å². The number of piperazine rings is 1. The third-order valence-corrected chi connectivity index (χ3v) is 17.8. The zero-order valence-electron chi connectivity index (χ0n) is 49.9. The van der Waals surface area contributed by atoms with E-state index in [9.17, 15) is 24.6 Å². The van der Waals surface area contributed by atoms with E-state index in [1.165, 1.54) is 17.0 Å². The molecule has 7 aromatic rings. The Morgan fingerprint density at radius 2 is 1.62 bits per heavy atom. The van der Waals surface area contributed by atoms with Crippen molar-refractivity contribution in [2.75, 3.05) is 96.9 Å². The van der Waals surface area contributed by atoms with Crippen LogP contribution in [0.15, 0.2) is 95.5 Å². The number of Topliss-reactive ketones (excluding diaryl/α,β-unsaturated/α-hetero) is 1. The molecule has 3 aliphatic rings. The van der Waals surface area contributed by atoms with Gasteiger partial charge in [0.2, 0.25) is 11.8 Å². The van der Waals surface area contributed by atoms with E-state index in [-0.39, 0.29) is 108 Å². The smallest absolute Gasteiger partial charge is 0.319 e. The van der Waals surface area contributed by atoms with Gasteiger partial charge in [-0.15, -0.1) is 11.3 Å². The second-order valence-electron chi connectivity index (χ2n) is 23.0. The first kappa shape index (κ1) is 62.9. The lowest BCUT2D eigenvalue weighted by atomic mass is 9.89. The highest BCUT2D eigenvalue weighted by molar-refractivity contribution is 7.13. The van der Waals surface area contributed by atoms with Crippen LogP contribution in [0.4, 0.5) is 10.2 Å². The number of ether oxygens (including phenoxy) is 5. The fraction of sp³-hybridized carbons (Fsp3) is 0.462. The molecule has 5 atom stereocenters. The van der Waals surface area contributed by atoms with Crippen molar-refractivity contribution in [3.05, 3.63) is 119 Å². The first-order valence-corrected chi connectivity index (χ1v) is 31.1. The van der Waals surface area contributed by atoms with Crippen molar-refractivity contribution >= 4 is 68.0 Å². The molecule has 0 unspecified atom stereocenters. The molecule has 3 aliphatic heterocycles. The predicted octanol–water partition coefficient (Wildman–Crippen LogP) is 10.0. The number of aromatic nitrogens is 4. The Bertz CT molecular complexity index is 3530. The molecular weight excluding hydrogens is 1160 g/mol. The zero-order chi connectivity index (χ0) is 61.3. The summed E-state index contributed by atoms with van der Waals surface area (Å²) in [6.45, 7) is 19.3. The summed E-state index contributed by atoms with van der Waals surface area (Å²) in [6.07, 6.45) is 2.25. The minimum absolute atomic E-state index is 0.0144. The van der Waals surface area contributed by atoms with Crippen LogP contribution in [0, 0.1) is 18.7 Å². The summed E-state index contributed by atoms with van der Waals surface area (Å²) >= 11 is 8.53. The number of aryl methyl sites for hydroxylation is 1. The molecule has 0 radical (unpaired) electrons. The van der Waals surface area contributed by atoms with Crippen LogP contribution in [0.2, 0.25) is 5.02 Å². The number of anilines is 1. The van der Waals surface area contributed by atoms with Gasteiger partial charge in [-0.2, -0.15) is 9.97 Å². The number of thiazole rings is 1. The number of fused-ring (bicyclic) bond motifs is 2. The molecule has 3 aromatic heterocycles. The van der Waals surface area contributed by atoms with Crippen molar-refractivity contribution in [3.63, 3.8) is 0 Å². The quantitative estimate of drug-likeness (QED) is 0.0381. The maximum atomic E-state index is 17.1. The second kappa shape index (κ2) is 28.8. The number of carbonyl (C=O) groups is 3. The third-order valence-electron chi connectivity index (χ3n) is 16.5. The molecule has 4 aromatic carbocycles. The number of benzene rings is 4. The number of amides is 2. The average Bonchev–Trinajstić information content (AvgIpc) is 1.89. The predicted molar refractivity (Wildman–Crippen MR) is 331 cm³/mol. The second-order valence-corrected chi connectivity index (χ2v) is 24.3. The van der Waals surface area contributed by atoms with E-state index in [2.05, 4.69) is 38.7 Å². The summed E-state index contributed by atoms with van der Waals surface area (Å²) in [7, 11) is 0. The Balaban J connectivity index is 0.636. The van der Waals surface area contributed by atoms with Gasteiger partial charge in [0.05, 0.1) is 72.4 Å². The van der Waals surface area contributed by atoms with E-state index in [0.29, 0.717) is 87.1 Å². The molecule has 0 aliphatic carbocycles. The standard InChI is InChI=1S/C65H76ClFN8O11S/c1-7-57(79)73-20-22-74(23-21-73)63-51-34-52(66)59(50-32-46(76)31-45-10-8-9-11-49(45)50)60(67)61(51)69-65(70-63)85-41(5)36-72-18-16-48(17-19-72)83-28-26-81-24-25-82-27-29-84-56-35-55(86-71-56)58(39(2)3)64(80)75-37-47(77)33-53(75)54(78)30-40(4)43-12-14-44(15-13-43)62-42(6)68-38-87-62/h7-15,31-32,34-35,38-41,47-48,53,58,76-77H,1,16-30,33,36-37H2,2-6H3/t40-,41-,47-,53+,58-/m1/s1. The molecule has 3 saturated heterocycles. The number of hydrogen-bond acceptors (Lipinski definition) is 18. The van der Waals surface area contributed by atoms with Crippen LogP contribution in [0.25, 0.3) is 43.2 Å². The van der Waals surface area contributed by atoms with E-state index >= 15 is 4.39 Å². The minimum atomic E-state index is -0.814. The van der Waals surface area contributed by atoms with Crippen LogP contribution >= 0.6 is 22.9 Å². The summed E-state index contributed by atoms with van der Waals surface area (Å²) < 4.78 is 52.7. The number of phenolic OH excluding ortho intramolecular Hbond substituents is 1. The van der Waals surface area contributed by atoms with Gasteiger partial charge in [0.1, 0.15) is 35.7 Å². The van der Waals surface area contributed by atoms with Gasteiger partial charge < -0.3 is 53.1 Å². The van der Waals surface area contributed by atoms with Crippen molar-refractivity contribution in [2.24, 2.45) is 5.92 Å². The van der Waals surface area contributed by atoms with Crippen LogP contribution in [0.3, 0.4) is 0 Å². The van der Waals surface area contributed by atoms with Crippen molar-refractivity contribution in [2.45, 2.75) is 96.5 Å². The number of phenols is 1. The highest BCUT2D eigenvalue weighted by atomic mass is 35.5. The molecule has 6 heterocycles. The van der Waals surface area contributed by atoms with Gasteiger partial charge in [0, 0.05) is 82.2 Å². The lowest BCUT2D eigenvalue weighted by Crippen LogP contribution is -2.48. The van der Waals surface area contributed by atoms with Gasteiger partial charge >= 0.3 is 6.01 Å². The van der Waals surface area contributed by atoms with Gasteiger partial charge in [0.15, 0.2) is 17.4 Å². The Morgan fingerprint density at radius 1 is 0.897 bits per heavy atom. The van der Waals surface area contributed by atoms with E-state index in [0.717, 1.165) is 53.0 Å². The van der Waals surface area contributed by atoms with Gasteiger partial charge in [-0.1, -0.05) is 87.5 Å². The molecule has 2 N–H and O–H groups in total. The molecule has 10 rings (SSSR count). The molecule has 19 nitrogen and oxygen atoms in total. The SMILES string of the molecule is C=CC(=O)N1CCN(c2nc(O[C@H](C)CN3CCC(OCCOCCOCCOc4cc([C@H](C(=O)N5C[C@H](O)C[C@H]5C(=O)C[C@@H](C)c5ccc(-c6scnc6C)cc5)C(C)C)on4)CC3)nc3c(F)c(-c4cc(O)cc5ccccc45)c(Cl)cc23)CC1. The number of likely N-dealkylation sites (tertiary alicyclic amines) is 2. The minimum Gasteiger partial charge on any atom is -0.508 e. The highest BCUT2D eigenvalue weighted by Gasteiger charge is 2.43. The highest BCUT2D eigenvalue weighted by Crippen LogP contribution is 2.43. The summed E-state index contributed by atoms with van der Waals surface area (Å²) in [5, 5.41) is 27.5. The van der Waals surface area contributed by atoms with Crippen LogP contribution in [-0.4, -0.2) is 179 Å². The Hall–Kier alpha value is -7.11. The first-order chi connectivity index (χ1) is 42.0. The Morgan fingerprint density at radius 3 is 2.33 bits per heavy atom. The summed E-state index contributed by atoms with van der Waals surface area (Å²) in [5.74, 6) is -1.29. The number of piperidine rings is 1. The molecule has 22 heteroatoms. The van der Waals surface area contributed by atoms with Crippen molar-refractivity contribution in [3.8, 4) is 39.2 Å². The molecule has 87 heavy (non-hydrogen) atoms. The van der Waals surface area contributed by atoms with Crippen molar-refractivity contribution in [1.29, 1.82) is 0 Å². The van der Waals surface area contributed by atoms with E-state index in [1.807, 2.05) is 81.4 Å². The maximum Gasteiger partial charge on any atom is 0.319 e. The van der Waals surface area contributed by atoms with Crippen LogP contribution < -0.4 is 14.4 Å².